The minimum atomic E-state index is -0.106. The standard InChI is InChI=1S/C23H33BrN2O3/c1-16(2)28-20-5-6-22(24)19(12-20)11-17-7-9-25(10-8-17)14-21-15-26(23(27)29-21)13-18-3-4-18/h5-6,12,16-18,21H,3-4,7-11,13-15H2,1-2H3. The van der Waals surface area contributed by atoms with Gasteiger partial charge in [-0.25, -0.2) is 4.79 Å². The van der Waals surface area contributed by atoms with Gasteiger partial charge >= 0.3 is 6.09 Å². The van der Waals surface area contributed by atoms with E-state index < -0.39 is 0 Å². The molecule has 2 heterocycles. The van der Waals surface area contributed by atoms with Crippen LogP contribution < -0.4 is 4.74 Å². The van der Waals surface area contributed by atoms with Crippen LogP contribution in [-0.2, 0) is 11.2 Å². The minimum Gasteiger partial charge on any atom is -0.491 e. The predicted molar refractivity (Wildman–Crippen MR) is 117 cm³/mol. The Kier molecular flexibility index (Phi) is 6.69. The molecule has 5 nitrogen and oxygen atoms in total. The average molecular weight is 465 g/mol. The first-order chi connectivity index (χ1) is 14.0. The number of hydrogen-bond acceptors (Lipinski definition) is 4. The highest BCUT2D eigenvalue weighted by Gasteiger charge is 2.36. The van der Waals surface area contributed by atoms with Gasteiger partial charge in [0.1, 0.15) is 11.9 Å². The molecule has 3 fully saturated rings. The molecule has 0 spiro atoms. The van der Waals surface area contributed by atoms with E-state index in [1.807, 2.05) is 11.0 Å². The van der Waals surface area contributed by atoms with Crippen LogP contribution in [0.3, 0.4) is 0 Å². The summed E-state index contributed by atoms with van der Waals surface area (Å²) in [6.07, 6.45) is 6.12. The summed E-state index contributed by atoms with van der Waals surface area (Å²) in [5.74, 6) is 2.37. The third-order valence-electron chi connectivity index (χ3n) is 6.19. The van der Waals surface area contributed by atoms with Crippen molar-refractivity contribution in [3.63, 3.8) is 0 Å². The maximum Gasteiger partial charge on any atom is 0.410 e. The number of carbonyl (C=O) groups excluding carboxylic acids is 1. The zero-order chi connectivity index (χ0) is 20.4. The summed E-state index contributed by atoms with van der Waals surface area (Å²) in [6.45, 7) is 8.83. The van der Waals surface area contributed by atoms with Gasteiger partial charge in [0.2, 0.25) is 0 Å². The quantitative estimate of drug-likeness (QED) is 0.557. The molecule has 4 rings (SSSR count). The lowest BCUT2D eigenvalue weighted by molar-refractivity contribution is 0.0904. The Bertz CT molecular complexity index is 714. The molecule has 2 aliphatic heterocycles. The van der Waals surface area contributed by atoms with E-state index >= 15 is 0 Å². The summed E-state index contributed by atoms with van der Waals surface area (Å²) in [4.78, 5) is 16.4. The Morgan fingerprint density at radius 1 is 1.14 bits per heavy atom. The number of amides is 1. The van der Waals surface area contributed by atoms with Crippen molar-refractivity contribution in [2.75, 3.05) is 32.7 Å². The number of cyclic esters (lactones) is 1. The number of ether oxygens (including phenoxy) is 2. The molecule has 1 aliphatic carbocycles. The van der Waals surface area contributed by atoms with Crippen molar-refractivity contribution in [1.29, 1.82) is 0 Å². The van der Waals surface area contributed by atoms with E-state index in [9.17, 15) is 4.79 Å². The fraction of sp³-hybridized carbons (Fsp3) is 0.696. The van der Waals surface area contributed by atoms with Gasteiger partial charge in [-0.05, 0) is 94.6 Å². The monoisotopic (exact) mass is 464 g/mol. The number of benzene rings is 1. The van der Waals surface area contributed by atoms with E-state index in [1.54, 1.807) is 0 Å². The average Bonchev–Trinajstić information content (AvgIpc) is 3.42. The molecule has 0 radical (unpaired) electrons. The molecule has 1 aromatic rings. The number of piperidine rings is 1. The highest BCUT2D eigenvalue weighted by atomic mass is 79.9. The molecular formula is C23H33BrN2O3. The van der Waals surface area contributed by atoms with Gasteiger partial charge in [-0.2, -0.15) is 0 Å². The first kappa shape index (κ1) is 21.0. The Morgan fingerprint density at radius 2 is 1.90 bits per heavy atom. The molecule has 1 amide bonds. The van der Waals surface area contributed by atoms with E-state index in [4.69, 9.17) is 9.47 Å². The van der Waals surface area contributed by atoms with Gasteiger partial charge in [0.05, 0.1) is 12.6 Å². The molecule has 0 N–H and O–H groups in total. The zero-order valence-electron chi connectivity index (χ0n) is 17.6. The topological polar surface area (TPSA) is 42.0 Å². The predicted octanol–water partition coefficient (Wildman–Crippen LogP) is 4.72. The number of rotatable bonds is 8. The minimum absolute atomic E-state index is 0.0387. The lowest BCUT2D eigenvalue weighted by atomic mass is 9.90. The van der Waals surface area contributed by atoms with Crippen molar-refractivity contribution in [1.82, 2.24) is 9.80 Å². The van der Waals surface area contributed by atoms with Crippen LogP contribution in [0, 0.1) is 11.8 Å². The third-order valence-corrected chi connectivity index (χ3v) is 6.97. The van der Waals surface area contributed by atoms with E-state index in [0.717, 1.165) is 50.8 Å². The van der Waals surface area contributed by atoms with Crippen LogP contribution in [0.2, 0.25) is 0 Å². The SMILES string of the molecule is CC(C)Oc1ccc(Br)c(CC2CCN(CC3CN(CC4CC4)C(=O)O3)CC2)c1. The second-order valence-electron chi connectivity index (χ2n) is 9.22. The van der Waals surface area contributed by atoms with Crippen LogP contribution >= 0.6 is 15.9 Å². The number of likely N-dealkylation sites (tertiary alicyclic amines) is 1. The molecule has 160 valence electrons. The van der Waals surface area contributed by atoms with Gasteiger partial charge in [-0.3, -0.25) is 4.90 Å². The van der Waals surface area contributed by atoms with Crippen molar-refractivity contribution < 1.29 is 14.3 Å². The normalized spacial score (nSPS) is 23.7. The van der Waals surface area contributed by atoms with Gasteiger partial charge in [-0.1, -0.05) is 15.9 Å². The molecule has 6 heteroatoms. The Morgan fingerprint density at radius 3 is 2.59 bits per heavy atom. The van der Waals surface area contributed by atoms with Crippen LogP contribution in [0.1, 0.15) is 45.1 Å². The first-order valence-corrected chi connectivity index (χ1v) is 11.9. The fourth-order valence-corrected chi connectivity index (χ4v) is 4.86. The van der Waals surface area contributed by atoms with Crippen molar-refractivity contribution >= 4 is 22.0 Å². The molecule has 29 heavy (non-hydrogen) atoms. The summed E-state index contributed by atoms with van der Waals surface area (Å²) >= 11 is 3.71. The summed E-state index contributed by atoms with van der Waals surface area (Å²) in [6, 6.07) is 6.32. The first-order valence-electron chi connectivity index (χ1n) is 11.1. The summed E-state index contributed by atoms with van der Waals surface area (Å²) < 4.78 is 12.6. The molecule has 0 aromatic heterocycles. The Labute approximate surface area is 182 Å². The van der Waals surface area contributed by atoms with Crippen LogP contribution in [0.4, 0.5) is 4.79 Å². The summed E-state index contributed by atoms with van der Waals surface area (Å²) in [7, 11) is 0. The van der Waals surface area contributed by atoms with Crippen LogP contribution in [0.15, 0.2) is 22.7 Å². The van der Waals surface area contributed by atoms with E-state index in [2.05, 4.69) is 46.8 Å². The lowest BCUT2D eigenvalue weighted by Crippen LogP contribution is -2.40. The van der Waals surface area contributed by atoms with Gasteiger partial charge < -0.3 is 14.4 Å². The van der Waals surface area contributed by atoms with Gasteiger partial charge in [0, 0.05) is 17.6 Å². The fourth-order valence-electron chi connectivity index (χ4n) is 4.46. The Hall–Kier alpha value is -1.27. The number of hydrogen-bond donors (Lipinski definition) is 0. The second-order valence-corrected chi connectivity index (χ2v) is 10.1. The molecule has 0 bridgehead atoms. The van der Waals surface area contributed by atoms with E-state index in [-0.39, 0.29) is 18.3 Å². The zero-order valence-corrected chi connectivity index (χ0v) is 19.2. The van der Waals surface area contributed by atoms with E-state index in [0.29, 0.717) is 5.92 Å². The highest BCUT2D eigenvalue weighted by Crippen LogP contribution is 2.32. The summed E-state index contributed by atoms with van der Waals surface area (Å²) in [5.41, 5.74) is 1.34. The summed E-state index contributed by atoms with van der Waals surface area (Å²) in [5, 5.41) is 0. The lowest BCUT2D eigenvalue weighted by Gasteiger charge is -2.33. The number of halogens is 1. The number of nitrogens with zero attached hydrogens (tertiary/aromatic N) is 2. The smallest absolute Gasteiger partial charge is 0.410 e. The maximum atomic E-state index is 12.0. The van der Waals surface area contributed by atoms with Crippen LogP contribution in [0.25, 0.3) is 0 Å². The third kappa shape index (κ3) is 5.88. The highest BCUT2D eigenvalue weighted by molar-refractivity contribution is 9.10. The second kappa shape index (κ2) is 9.25. The number of carbonyl (C=O) groups is 1. The van der Waals surface area contributed by atoms with Gasteiger partial charge in [-0.15, -0.1) is 0 Å². The molecule has 3 aliphatic rings. The van der Waals surface area contributed by atoms with E-state index in [1.165, 1.54) is 35.7 Å². The Balaban J connectivity index is 1.23. The maximum absolute atomic E-state index is 12.0. The van der Waals surface area contributed by atoms with Gasteiger partial charge in [0.25, 0.3) is 0 Å². The molecule has 1 aromatic carbocycles. The van der Waals surface area contributed by atoms with Crippen molar-refractivity contribution in [2.45, 2.75) is 58.2 Å². The van der Waals surface area contributed by atoms with Crippen molar-refractivity contribution in [2.24, 2.45) is 11.8 Å². The molecule has 1 saturated carbocycles. The largest absolute Gasteiger partial charge is 0.491 e. The van der Waals surface area contributed by atoms with Crippen molar-refractivity contribution in [3.05, 3.63) is 28.2 Å². The van der Waals surface area contributed by atoms with Crippen LogP contribution in [-0.4, -0.2) is 60.8 Å². The van der Waals surface area contributed by atoms with Crippen LogP contribution in [0.5, 0.6) is 5.75 Å². The van der Waals surface area contributed by atoms with Gasteiger partial charge in [0.15, 0.2) is 0 Å². The molecule has 1 atom stereocenters. The molecule has 2 saturated heterocycles. The molecule has 1 unspecified atom stereocenters. The van der Waals surface area contributed by atoms with Crippen molar-refractivity contribution in [3.8, 4) is 5.75 Å². The molecular weight excluding hydrogens is 432 g/mol.